The zero-order chi connectivity index (χ0) is 16.4. The molecule has 0 unspecified atom stereocenters. The first-order chi connectivity index (χ1) is 10.2. The molecule has 0 radical (unpaired) electrons. The maximum Gasteiger partial charge on any atom is 0.192 e. The number of benzene rings is 1. The molecule has 1 aromatic carbocycles. The van der Waals surface area contributed by atoms with Gasteiger partial charge in [0.05, 0.1) is 23.8 Å². The number of ether oxygens (including phenoxy) is 1. The first-order valence-electron chi connectivity index (χ1n) is 7.38. The van der Waals surface area contributed by atoms with Crippen molar-refractivity contribution in [3.63, 3.8) is 0 Å². The molecule has 0 aliphatic rings. The lowest BCUT2D eigenvalue weighted by Crippen LogP contribution is -2.41. The molecular formula is C16H23ClN2O2Si. The maximum atomic E-state index is 6.09. The molecule has 0 amide bonds. The van der Waals surface area contributed by atoms with E-state index in [1.54, 1.807) is 0 Å². The largest absolute Gasteiger partial charge is 0.491 e. The minimum atomic E-state index is -1.71. The van der Waals surface area contributed by atoms with E-state index in [-0.39, 0.29) is 5.04 Å². The molecule has 22 heavy (non-hydrogen) atoms. The van der Waals surface area contributed by atoms with Crippen LogP contribution in [0.4, 0.5) is 0 Å². The SMILES string of the molecule is CC(C)(C)[Si](C)(C)OCCOc1ccc2nc(Cl)cnc2c1. The van der Waals surface area contributed by atoms with Crippen LogP contribution in [0.2, 0.25) is 23.3 Å². The molecule has 0 fully saturated rings. The Bertz CT molecular complexity index is 656. The summed E-state index contributed by atoms with van der Waals surface area (Å²) < 4.78 is 11.8. The van der Waals surface area contributed by atoms with Crippen LogP contribution in [-0.4, -0.2) is 31.5 Å². The summed E-state index contributed by atoms with van der Waals surface area (Å²) in [5.74, 6) is 0.767. The van der Waals surface area contributed by atoms with Gasteiger partial charge in [-0.2, -0.15) is 0 Å². The van der Waals surface area contributed by atoms with Crippen molar-refractivity contribution >= 4 is 31.0 Å². The van der Waals surface area contributed by atoms with Crippen molar-refractivity contribution in [2.45, 2.75) is 38.9 Å². The van der Waals surface area contributed by atoms with E-state index in [2.05, 4.69) is 43.8 Å². The van der Waals surface area contributed by atoms with Crippen molar-refractivity contribution in [2.75, 3.05) is 13.2 Å². The van der Waals surface area contributed by atoms with Crippen molar-refractivity contribution in [3.05, 3.63) is 29.5 Å². The highest BCUT2D eigenvalue weighted by Gasteiger charge is 2.36. The van der Waals surface area contributed by atoms with Gasteiger partial charge in [0.25, 0.3) is 0 Å². The van der Waals surface area contributed by atoms with Crippen LogP contribution in [-0.2, 0) is 4.43 Å². The first kappa shape index (κ1) is 17.2. The normalized spacial score (nSPS) is 12.6. The molecule has 1 heterocycles. The molecule has 0 aliphatic heterocycles. The third-order valence-corrected chi connectivity index (χ3v) is 8.83. The highest BCUT2D eigenvalue weighted by atomic mass is 35.5. The average Bonchev–Trinajstić information content (AvgIpc) is 2.42. The summed E-state index contributed by atoms with van der Waals surface area (Å²) >= 11 is 5.82. The van der Waals surface area contributed by atoms with Gasteiger partial charge in [-0.1, -0.05) is 32.4 Å². The summed E-state index contributed by atoms with van der Waals surface area (Å²) in [7, 11) is -1.71. The second-order valence-electron chi connectivity index (χ2n) is 6.80. The van der Waals surface area contributed by atoms with Gasteiger partial charge in [-0.15, -0.1) is 0 Å². The number of aromatic nitrogens is 2. The van der Waals surface area contributed by atoms with Crippen LogP contribution < -0.4 is 4.74 Å². The van der Waals surface area contributed by atoms with Gasteiger partial charge in [0.2, 0.25) is 0 Å². The number of fused-ring (bicyclic) bond motifs is 1. The number of halogens is 1. The maximum absolute atomic E-state index is 6.09. The highest BCUT2D eigenvalue weighted by molar-refractivity contribution is 6.74. The number of rotatable bonds is 5. The van der Waals surface area contributed by atoms with Crippen LogP contribution in [0.1, 0.15) is 20.8 Å². The molecule has 2 rings (SSSR count). The highest BCUT2D eigenvalue weighted by Crippen LogP contribution is 2.36. The molecule has 1 aromatic heterocycles. The van der Waals surface area contributed by atoms with Crippen LogP contribution in [0.5, 0.6) is 5.75 Å². The summed E-state index contributed by atoms with van der Waals surface area (Å²) in [6.07, 6.45) is 1.54. The molecule has 2 aromatic rings. The second kappa shape index (κ2) is 6.52. The van der Waals surface area contributed by atoms with Gasteiger partial charge >= 0.3 is 0 Å². The fourth-order valence-electron chi connectivity index (χ4n) is 1.73. The van der Waals surface area contributed by atoms with Gasteiger partial charge in [-0.25, -0.2) is 4.98 Å². The van der Waals surface area contributed by atoms with Crippen LogP contribution >= 0.6 is 11.6 Å². The minimum Gasteiger partial charge on any atom is -0.491 e. The summed E-state index contributed by atoms with van der Waals surface area (Å²) in [4.78, 5) is 8.44. The van der Waals surface area contributed by atoms with E-state index in [4.69, 9.17) is 20.8 Å². The van der Waals surface area contributed by atoms with E-state index in [0.29, 0.717) is 18.4 Å². The molecule has 0 saturated carbocycles. The van der Waals surface area contributed by atoms with Gasteiger partial charge in [-0.05, 0) is 30.3 Å². The topological polar surface area (TPSA) is 44.2 Å². The van der Waals surface area contributed by atoms with Crippen LogP contribution in [0, 0.1) is 0 Å². The lowest BCUT2D eigenvalue weighted by atomic mass is 10.2. The van der Waals surface area contributed by atoms with Crippen molar-refractivity contribution in [3.8, 4) is 5.75 Å². The molecular weight excluding hydrogens is 316 g/mol. The van der Waals surface area contributed by atoms with Crippen LogP contribution in [0.25, 0.3) is 11.0 Å². The third-order valence-electron chi connectivity index (χ3n) is 4.11. The Hall–Kier alpha value is -1.17. The Morgan fingerprint density at radius 2 is 1.86 bits per heavy atom. The Labute approximate surface area is 138 Å². The van der Waals surface area contributed by atoms with Crippen molar-refractivity contribution in [2.24, 2.45) is 0 Å². The van der Waals surface area contributed by atoms with Crippen LogP contribution in [0.3, 0.4) is 0 Å². The van der Waals surface area contributed by atoms with Gasteiger partial charge in [0, 0.05) is 6.07 Å². The Morgan fingerprint density at radius 3 is 2.55 bits per heavy atom. The van der Waals surface area contributed by atoms with Crippen molar-refractivity contribution in [1.82, 2.24) is 9.97 Å². The summed E-state index contributed by atoms with van der Waals surface area (Å²) in [6, 6.07) is 5.60. The second-order valence-corrected chi connectivity index (χ2v) is 12.0. The van der Waals surface area contributed by atoms with E-state index in [9.17, 15) is 0 Å². The molecule has 0 spiro atoms. The first-order valence-corrected chi connectivity index (χ1v) is 10.7. The fourth-order valence-corrected chi connectivity index (χ4v) is 2.90. The summed E-state index contributed by atoms with van der Waals surface area (Å²) in [5, 5.41) is 0.606. The van der Waals surface area contributed by atoms with E-state index in [0.717, 1.165) is 16.8 Å². The Morgan fingerprint density at radius 1 is 1.14 bits per heavy atom. The molecule has 6 heteroatoms. The van der Waals surface area contributed by atoms with Crippen molar-refractivity contribution in [1.29, 1.82) is 0 Å². The lowest BCUT2D eigenvalue weighted by Gasteiger charge is -2.36. The molecule has 0 atom stereocenters. The Kier molecular flexibility index (Phi) is 5.09. The molecule has 0 bridgehead atoms. The zero-order valence-electron chi connectivity index (χ0n) is 13.8. The van der Waals surface area contributed by atoms with Gasteiger partial charge < -0.3 is 9.16 Å². The lowest BCUT2D eigenvalue weighted by molar-refractivity contribution is 0.203. The van der Waals surface area contributed by atoms with E-state index >= 15 is 0 Å². The molecule has 4 nitrogen and oxygen atoms in total. The predicted octanol–water partition coefficient (Wildman–Crippen LogP) is 4.68. The minimum absolute atomic E-state index is 0.213. The molecule has 120 valence electrons. The van der Waals surface area contributed by atoms with Gasteiger partial charge in [0.1, 0.15) is 17.5 Å². The zero-order valence-corrected chi connectivity index (χ0v) is 15.6. The number of hydrogen-bond donors (Lipinski definition) is 0. The average molecular weight is 339 g/mol. The number of nitrogens with zero attached hydrogens (tertiary/aromatic N) is 2. The van der Waals surface area contributed by atoms with Crippen molar-refractivity contribution < 1.29 is 9.16 Å². The molecule has 0 saturated heterocycles. The quantitative estimate of drug-likeness (QED) is 0.586. The van der Waals surface area contributed by atoms with Crippen LogP contribution in [0.15, 0.2) is 24.4 Å². The Balaban J connectivity index is 1.91. The summed E-state index contributed by atoms with van der Waals surface area (Å²) in [6.45, 7) is 12.3. The fraction of sp³-hybridized carbons (Fsp3) is 0.500. The van der Waals surface area contributed by atoms with Gasteiger partial charge in [0.15, 0.2) is 8.32 Å². The van der Waals surface area contributed by atoms with E-state index in [1.807, 2.05) is 18.2 Å². The summed E-state index contributed by atoms with van der Waals surface area (Å²) in [5.41, 5.74) is 1.53. The van der Waals surface area contributed by atoms with Gasteiger partial charge in [-0.3, -0.25) is 4.98 Å². The smallest absolute Gasteiger partial charge is 0.192 e. The van der Waals surface area contributed by atoms with E-state index < -0.39 is 8.32 Å². The predicted molar refractivity (Wildman–Crippen MR) is 93.2 cm³/mol. The third kappa shape index (κ3) is 4.18. The monoisotopic (exact) mass is 338 g/mol. The number of hydrogen-bond acceptors (Lipinski definition) is 4. The molecule has 0 aliphatic carbocycles. The molecule has 0 N–H and O–H groups in total. The van der Waals surface area contributed by atoms with E-state index in [1.165, 1.54) is 6.20 Å². The standard InChI is InChI=1S/C16H23ClN2O2Si/c1-16(2,3)22(4,5)21-9-8-20-12-6-7-13-14(10-12)18-11-15(17)19-13/h6-7,10-11H,8-9H2,1-5H3.